The second kappa shape index (κ2) is 6.66. The maximum Gasteiger partial charge on any atom is 0.0694 e. The Hall–Kier alpha value is 0.170. The molecule has 0 aromatic carbocycles. The van der Waals surface area contributed by atoms with Gasteiger partial charge in [0, 0.05) is 19.8 Å². The van der Waals surface area contributed by atoms with Gasteiger partial charge in [-0.1, -0.05) is 0 Å². The van der Waals surface area contributed by atoms with E-state index in [4.69, 9.17) is 4.74 Å². The van der Waals surface area contributed by atoms with Crippen LogP contribution < -0.4 is 5.32 Å². The first-order valence-electron chi connectivity index (χ1n) is 4.25. The van der Waals surface area contributed by atoms with Gasteiger partial charge in [-0.15, -0.1) is 12.4 Å². The van der Waals surface area contributed by atoms with Crippen molar-refractivity contribution >= 4 is 12.4 Å². The van der Waals surface area contributed by atoms with Crippen LogP contribution >= 0.6 is 12.4 Å². The van der Waals surface area contributed by atoms with Crippen molar-refractivity contribution in [1.82, 2.24) is 5.32 Å². The molecule has 2 N–H and O–H groups in total. The molecule has 0 spiro atoms. The molecule has 1 fully saturated rings. The Balaban J connectivity index is 0.00000121. The number of aliphatic hydroxyl groups excluding tert-OH is 1. The zero-order valence-electron chi connectivity index (χ0n) is 7.45. The molecule has 0 radical (unpaired) electrons. The van der Waals surface area contributed by atoms with Crippen LogP contribution in [0.15, 0.2) is 0 Å². The minimum absolute atomic E-state index is 0. The van der Waals surface area contributed by atoms with Gasteiger partial charge in [0.05, 0.1) is 6.10 Å². The van der Waals surface area contributed by atoms with E-state index in [1.165, 1.54) is 0 Å². The molecule has 1 rings (SSSR count). The van der Waals surface area contributed by atoms with Gasteiger partial charge in [-0.25, -0.2) is 0 Å². The zero-order valence-corrected chi connectivity index (χ0v) is 8.27. The number of aliphatic hydroxyl groups is 1. The van der Waals surface area contributed by atoms with Gasteiger partial charge in [-0.05, 0) is 25.8 Å². The van der Waals surface area contributed by atoms with Crippen LogP contribution in [-0.4, -0.2) is 37.5 Å². The third-order valence-corrected chi connectivity index (χ3v) is 2.18. The molecule has 3 nitrogen and oxygen atoms in total. The zero-order chi connectivity index (χ0) is 8.10. The van der Waals surface area contributed by atoms with Crippen LogP contribution in [0, 0.1) is 0 Å². The normalized spacial score (nSPS) is 29.5. The highest BCUT2D eigenvalue weighted by atomic mass is 35.5. The second-order valence-electron chi connectivity index (χ2n) is 3.05. The van der Waals surface area contributed by atoms with Crippen LogP contribution in [0.5, 0.6) is 0 Å². The lowest BCUT2D eigenvalue weighted by Crippen LogP contribution is -2.45. The predicted molar refractivity (Wildman–Crippen MR) is 50.8 cm³/mol. The topological polar surface area (TPSA) is 41.5 Å². The summed E-state index contributed by atoms with van der Waals surface area (Å²) >= 11 is 0. The molecule has 1 aliphatic rings. The first kappa shape index (κ1) is 12.2. The molecule has 74 valence electrons. The number of ether oxygens (including phenoxy) is 1. The van der Waals surface area contributed by atoms with Crippen LogP contribution in [0.4, 0.5) is 0 Å². The molecule has 0 saturated carbocycles. The summed E-state index contributed by atoms with van der Waals surface area (Å²) in [5.74, 6) is 0. The quantitative estimate of drug-likeness (QED) is 0.692. The average Bonchev–Trinajstić information content (AvgIpc) is 2.03. The molecule has 1 heterocycles. The minimum atomic E-state index is -0.168. The molecule has 0 aliphatic carbocycles. The van der Waals surface area contributed by atoms with Crippen molar-refractivity contribution < 1.29 is 9.84 Å². The maximum atomic E-state index is 9.48. The Labute approximate surface area is 79.9 Å². The van der Waals surface area contributed by atoms with Crippen LogP contribution in [0.2, 0.25) is 0 Å². The molecule has 1 saturated heterocycles. The largest absolute Gasteiger partial charge is 0.392 e. The summed E-state index contributed by atoms with van der Waals surface area (Å²) < 4.78 is 4.94. The monoisotopic (exact) mass is 195 g/mol. The highest BCUT2D eigenvalue weighted by molar-refractivity contribution is 5.85. The van der Waals surface area contributed by atoms with Gasteiger partial charge in [0.1, 0.15) is 0 Å². The smallest absolute Gasteiger partial charge is 0.0694 e. The molecule has 12 heavy (non-hydrogen) atoms. The fourth-order valence-corrected chi connectivity index (χ4v) is 1.48. The number of hydrogen-bond donors (Lipinski definition) is 2. The summed E-state index contributed by atoms with van der Waals surface area (Å²) in [5.41, 5.74) is 0. The fourth-order valence-electron chi connectivity index (χ4n) is 1.48. The molecule has 1 aliphatic heterocycles. The third-order valence-electron chi connectivity index (χ3n) is 2.18. The van der Waals surface area contributed by atoms with Crippen molar-refractivity contribution in [2.45, 2.75) is 31.4 Å². The molecule has 4 heteroatoms. The molecule has 2 unspecified atom stereocenters. The van der Waals surface area contributed by atoms with Gasteiger partial charge in [0.2, 0.25) is 0 Å². The molecule has 0 aromatic heterocycles. The van der Waals surface area contributed by atoms with E-state index in [0.29, 0.717) is 0 Å². The van der Waals surface area contributed by atoms with Crippen molar-refractivity contribution in [1.29, 1.82) is 0 Å². The molecule has 2 atom stereocenters. The number of piperidine rings is 1. The van der Waals surface area contributed by atoms with E-state index in [2.05, 4.69) is 5.32 Å². The number of methoxy groups -OCH3 is 1. The lowest BCUT2D eigenvalue weighted by atomic mass is 9.99. The number of nitrogens with one attached hydrogen (secondary N) is 1. The van der Waals surface area contributed by atoms with Crippen LogP contribution in [0.1, 0.15) is 19.3 Å². The highest BCUT2D eigenvalue weighted by Crippen LogP contribution is 2.10. The van der Waals surface area contributed by atoms with Gasteiger partial charge in [-0.3, -0.25) is 0 Å². The van der Waals surface area contributed by atoms with E-state index in [-0.39, 0.29) is 24.6 Å². The first-order chi connectivity index (χ1) is 5.34. The maximum absolute atomic E-state index is 9.48. The van der Waals surface area contributed by atoms with E-state index in [9.17, 15) is 5.11 Å². The third kappa shape index (κ3) is 3.72. The van der Waals surface area contributed by atoms with Crippen molar-refractivity contribution in [2.24, 2.45) is 0 Å². The SMILES string of the molecule is COCCC1NCCCC1O.Cl. The van der Waals surface area contributed by atoms with Crippen molar-refractivity contribution in [3.8, 4) is 0 Å². The summed E-state index contributed by atoms with van der Waals surface area (Å²) in [6.07, 6.45) is 2.77. The van der Waals surface area contributed by atoms with Gasteiger partial charge < -0.3 is 15.2 Å². The van der Waals surface area contributed by atoms with Crippen molar-refractivity contribution in [3.05, 3.63) is 0 Å². The van der Waals surface area contributed by atoms with E-state index in [1.54, 1.807) is 7.11 Å². The van der Waals surface area contributed by atoms with Gasteiger partial charge >= 0.3 is 0 Å². The lowest BCUT2D eigenvalue weighted by molar-refractivity contribution is 0.0752. The second-order valence-corrected chi connectivity index (χ2v) is 3.05. The number of hydrogen-bond acceptors (Lipinski definition) is 3. The van der Waals surface area contributed by atoms with E-state index >= 15 is 0 Å². The summed E-state index contributed by atoms with van der Waals surface area (Å²) in [4.78, 5) is 0. The Kier molecular flexibility index (Phi) is 6.76. The first-order valence-corrected chi connectivity index (χ1v) is 4.25. The van der Waals surface area contributed by atoms with E-state index < -0.39 is 0 Å². The molecule has 0 aromatic rings. The Morgan fingerprint density at radius 3 is 2.92 bits per heavy atom. The van der Waals surface area contributed by atoms with Gasteiger partial charge in [-0.2, -0.15) is 0 Å². The predicted octanol–water partition coefficient (Wildman–Crippen LogP) is 0.558. The van der Waals surface area contributed by atoms with Crippen LogP contribution in [-0.2, 0) is 4.74 Å². The van der Waals surface area contributed by atoms with Crippen LogP contribution in [0.25, 0.3) is 0 Å². The summed E-state index contributed by atoms with van der Waals surface area (Å²) in [6.45, 7) is 1.76. The molecular formula is C8H18ClNO2. The lowest BCUT2D eigenvalue weighted by Gasteiger charge is -2.28. The van der Waals surface area contributed by atoms with Crippen LogP contribution in [0.3, 0.4) is 0 Å². The molecule has 0 bridgehead atoms. The number of rotatable bonds is 3. The molecular weight excluding hydrogens is 178 g/mol. The Bertz CT molecular complexity index is 113. The minimum Gasteiger partial charge on any atom is -0.392 e. The number of halogens is 1. The Morgan fingerprint density at radius 1 is 1.58 bits per heavy atom. The standard InChI is InChI=1S/C8H17NO2.ClH/c1-11-6-4-7-8(10)3-2-5-9-7;/h7-10H,2-6H2,1H3;1H. The molecule has 0 amide bonds. The Morgan fingerprint density at radius 2 is 2.33 bits per heavy atom. The summed E-state index contributed by atoms with van der Waals surface area (Å²) in [6, 6.07) is 0.253. The fraction of sp³-hybridized carbons (Fsp3) is 1.00. The summed E-state index contributed by atoms with van der Waals surface area (Å²) in [5, 5.41) is 12.8. The van der Waals surface area contributed by atoms with Crippen molar-refractivity contribution in [3.63, 3.8) is 0 Å². The van der Waals surface area contributed by atoms with Crippen molar-refractivity contribution in [2.75, 3.05) is 20.3 Å². The van der Waals surface area contributed by atoms with Gasteiger partial charge in [0.15, 0.2) is 0 Å². The van der Waals surface area contributed by atoms with E-state index in [0.717, 1.165) is 32.4 Å². The van der Waals surface area contributed by atoms with E-state index in [1.807, 2.05) is 0 Å². The highest BCUT2D eigenvalue weighted by Gasteiger charge is 2.21. The average molecular weight is 196 g/mol. The summed E-state index contributed by atoms with van der Waals surface area (Å²) in [7, 11) is 1.69. The van der Waals surface area contributed by atoms with Gasteiger partial charge in [0.25, 0.3) is 0 Å².